The molecule has 0 aliphatic rings. The molecule has 0 saturated carbocycles. The maximum absolute atomic E-state index is 12.5. The van der Waals surface area contributed by atoms with Gasteiger partial charge >= 0.3 is 0 Å². The molecule has 27 heavy (non-hydrogen) atoms. The molecule has 5 heteroatoms. The average Bonchev–Trinajstić information content (AvgIpc) is 3.27. The lowest BCUT2D eigenvalue weighted by molar-refractivity contribution is 0.0927. The summed E-state index contributed by atoms with van der Waals surface area (Å²) in [6, 6.07) is 17.9. The topological polar surface area (TPSA) is 60.1 Å². The third-order valence-corrected chi connectivity index (χ3v) is 4.68. The summed E-state index contributed by atoms with van der Waals surface area (Å²) in [4.78, 5) is 16.9. The molecule has 4 aromatic rings. The molecule has 1 N–H and O–H groups in total. The van der Waals surface area contributed by atoms with E-state index in [-0.39, 0.29) is 5.91 Å². The van der Waals surface area contributed by atoms with Crippen molar-refractivity contribution in [3.05, 3.63) is 89.7 Å². The average molecular weight is 359 g/mol. The first-order valence-electron chi connectivity index (χ1n) is 9.02. The van der Waals surface area contributed by atoms with Crippen molar-refractivity contribution < 1.29 is 9.21 Å². The van der Waals surface area contributed by atoms with Crippen molar-refractivity contribution in [2.75, 3.05) is 6.54 Å². The van der Waals surface area contributed by atoms with Crippen molar-refractivity contribution >= 4 is 16.9 Å². The van der Waals surface area contributed by atoms with Gasteiger partial charge in [0.15, 0.2) is 5.76 Å². The molecule has 0 fully saturated rings. The molecule has 0 aliphatic carbocycles. The highest BCUT2D eigenvalue weighted by Gasteiger charge is 2.17. The first kappa shape index (κ1) is 17.1. The molecule has 0 unspecified atom stereocenters. The minimum atomic E-state index is -0.190. The highest BCUT2D eigenvalue weighted by Crippen LogP contribution is 2.24. The van der Waals surface area contributed by atoms with E-state index in [4.69, 9.17) is 4.42 Å². The predicted octanol–water partition coefficient (Wildman–Crippen LogP) is 3.96. The number of fused-ring (bicyclic) bond motifs is 1. The number of rotatable bonds is 6. The maximum atomic E-state index is 12.5. The van der Waals surface area contributed by atoms with E-state index in [1.807, 2.05) is 55.6 Å². The number of amides is 1. The second-order valence-corrected chi connectivity index (χ2v) is 6.52. The Kier molecular flexibility index (Phi) is 4.75. The standard InChI is InChI=1S/C22H21N3O2/c1-16-18-9-5-6-10-19(18)27-21(16)22(26)24-12-11-20-23-13-14-25(20)15-17-7-3-2-4-8-17/h2-10,13-14H,11-12,15H2,1H3,(H,24,26). The minimum Gasteiger partial charge on any atom is -0.451 e. The van der Waals surface area contributed by atoms with E-state index in [1.165, 1.54) is 5.56 Å². The van der Waals surface area contributed by atoms with Gasteiger partial charge in [-0.1, -0.05) is 48.5 Å². The Morgan fingerprint density at radius 3 is 2.70 bits per heavy atom. The van der Waals surface area contributed by atoms with E-state index in [0.29, 0.717) is 18.7 Å². The van der Waals surface area contributed by atoms with E-state index in [0.717, 1.165) is 28.9 Å². The van der Waals surface area contributed by atoms with Gasteiger partial charge in [0.05, 0.1) is 0 Å². The van der Waals surface area contributed by atoms with Crippen LogP contribution >= 0.6 is 0 Å². The molecule has 0 aliphatic heterocycles. The lowest BCUT2D eigenvalue weighted by atomic mass is 10.1. The van der Waals surface area contributed by atoms with Crippen LogP contribution in [-0.4, -0.2) is 22.0 Å². The quantitative estimate of drug-likeness (QED) is 0.567. The Morgan fingerprint density at radius 2 is 1.89 bits per heavy atom. The Morgan fingerprint density at radius 1 is 1.11 bits per heavy atom. The fourth-order valence-corrected chi connectivity index (χ4v) is 3.25. The van der Waals surface area contributed by atoms with Gasteiger partial charge in [-0.05, 0) is 18.6 Å². The largest absolute Gasteiger partial charge is 0.451 e. The molecule has 4 rings (SSSR count). The third-order valence-electron chi connectivity index (χ3n) is 4.68. The smallest absolute Gasteiger partial charge is 0.287 e. The van der Waals surface area contributed by atoms with Gasteiger partial charge < -0.3 is 14.3 Å². The number of para-hydroxylation sites is 1. The molecule has 136 valence electrons. The number of nitrogens with one attached hydrogen (secondary N) is 1. The van der Waals surface area contributed by atoms with Gasteiger partial charge in [0.2, 0.25) is 0 Å². The highest BCUT2D eigenvalue weighted by atomic mass is 16.3. The molecule has 5 nitrogen and oxygen atoms in total. The monoisotopic (exact) mass is 359 g/mol. The number of benzene rings is 2. The Hall–Kier alpha value is -3.34. The Labute approximate surface area is 157 Å². The van der Waals surface area contributed by atoms with Crippen LogP contribution in [0, 0.1) is 6.92 Å². The van der Waals surface area contributed by atoms with Crippen LogP contribution in [0.1, 0.15) is 27.5 Å². The van der Waals surface area contributed by atoms with Crippen molar-refractivity contribution in [2.45, 2.75) is 19.9 Å². The first-order valence-corrected chi connectivity index (χ1v) is 9.02. The predicted molar refractivity (Wildman–Crippen MR) is 105 cm³/mol. The van der Waals surface area contributed by atoms with Gasteiger partial charge in [-0.3, -0.25) is 4.79 Å². The van der Waals surface area contributed by atoms with Gasteiger partial charge in [0.1, 0.15) is 11.4 Å². The van der Waals surface area contributed by atoms with Gasteiger partial charge in [0.25, 0.3) is 5.91 Å². The zero-order chi connectivity index (χ0) is 18.6. The lowest BCUT2D eigenvalue weighted by Gasteiger charge is -2.08. The summed E-state index contributed by atoms with van der Waals surface area (Å²) in [5.74, 6) is 1.13. The second kappa shape index (κ2) is 7.50. The van der Waals surface area contributed by atoms with Crippen LogP contribution in [0.25, 0.3) is 11.0 Å². The Bertz CT molecular complexity index is 1060. The van der Waals surface area contributed by atoms with Gasteiger partial charge in [0, 0.05) is 42.9 Å². The number of aryl methyl sites for hydroxylation is 1. The summed E-state index contributed by atoms with van der Waals surface area (Å²) in [7, 11) is 0. The lowest BCUT2D eigenvalue weighted by Crippen LogP contribution is -2.26. The molecule has 0 atom stereocenters. The summed E-state index contributed by atoms with van der Waals surface area (Å²) in [5.41, 5.74) is 2.82. The zero-order valence-corrected chi connectivity index (χ0v) is 15.2. The molecule has 1 amide bonds. The van der Waals surface area contributed by atoms with Crippen LogP contribution in [0.2, 0.25) is 0 Å². The van der Waals surface area contributed by atoms with Crippen molar-refractivity contribution in [1.82, 2.24) is 14.9 Å². The second-order valence-electron chi connectivity index (χ2n) is 6.52. The number of nitrogens with zero attached hydrogens (tertiary/aromatic N) is 2. The zero-order valence-electron chi connectivity index (χ0n) is 15.2. The van der Waals surface area contributed by atoms with E-state index < -0.39 is 0 Å². The molecular formula is C22H21N3O2. The van der Waals surface area contributed by atoms with Crippen molar-refractivity contribution in [2.24, 2.45) is 0 Å². The minimum absolute atomic E-state index is 0.190. The summed E-state index contributed by atoms with van der Waals surface area (Å²) in [6.45, 7) is 3.18. The molecule has 2 aromatic carbocycles. The number of carbonyl (C=O) groups is 1. The van der Waals surface area contributed by atoms with Gasteiger partial charge in [-0.25, -0.2) is 4.98 Å². The summed E-state index contributed by atoms with van der Waals surface area (Å²) < 4.78 is 7.82. The summed E-state index contributed by atoms with van der Waals surface area (Å²) in [5, 5.41) is 3.92. The molecule has 2 aromatic heterocycles. The summed E-state index contributed by atoms with van der Waals surface area (Å²) in [6.07, 6.45) is 4.42. The SMILES string of the molecule is Cc1c(C(=O)NCCc2nccn2Cc2ccccc2)oc2ccccc12. The van der Waals surface area contributed by atoms with Crippen LogP contribution in [0.3, 0.4) is 0 Å². The normalized spacial score (nSPS) is 11.0. The highest BCUT2D eigenvalue weighted by molar-refractivity contribution is 5.98. The molecule has 0 saturated heterocycles. The van der Waals surface area contributed by atoms with Crippen LogP contribution in [0.4, 0.5) is 0 Å². The number of furan rings is 1. The number of hydrogen-bond acceptors (Lipinski definition) is 3. The number of hydrogen-bond donors (Lipinski definition) is 1. The van der Waals surface area contributed by atoms with Crippen LogP contribution < -0.4 is 5.32 Å². The van der Waals surface area contributed by atoms with Crippen LogP contribution in [0.15, 0.2) is 71.4 Å². The van der Waals surface area contributed by atoms with Crippen molar-refractivity contribution in [1.29, 1.82) is 0 Å². The third kappa shape index (κ3) is 3.62. The van der Waals surface area contributed by atoms with Crippen LogP contribution in [-0.2, 0) is 13.0 Å². The summed E-state index contributed by atoms with van der Waals surface area (Å²) >= 11 is 0. The number of aromatic nitrogens is 2. The van der Waals surface area contributed by atoms with E-state index in [2.05, 4.69) is 27.0 Å². The van der Waals surface area contributed by atoms with Crippen molar-refractivity contribution in [3.63, 3.8) is 0 Å². The first-order chi connectivity index (χ1) is 13.2. The Balaban J connectivity index is 1.39. The van der Waals surface area contributed by atoms with Gasteiger partial charge in [-0.2, -0.15) is 0 Å². The maximum Gasteiger partial charge on any atom is 0.287 e. The number of imidazole rings is 1. The molecule has 0 bridgehead atoms. The van der Waals surface area contributed by atoms with E-state index in [9.17, 15) is 4.79 Å². The van der Waals surface area contributed by atoms with Crippen molar-refractivity contribution in [3.8, 4) is 0 Å². The molecule has 0 radical (unpaired) electrons. The number of carbonyl (C=O) groups excluding carboxylic acids is 1. The molecule has 0 spiro atoms. The van der Waals surface area contributed by atoms with Gasteiger partial charge in [-0.15, -0.1) is 0 Å². The van der Waals surface area contributed by atoms with Crippen LogP contribution in [0.5, 0.6) is 0 Å². The fourth-order valence-electron chi connectivity index (χ4n) is 3.25. The molecular weight excluding hydrogens is 338 g/mol. The molecule has 2 heterocycles. The van der Waals surface area contributed by atoms with E-state index in [1.54, 1.807) is 6.20 Å². The fraction of sp³-hybridized carbons (Fsp3) is 0.182. The van der Waals surface area contributed by atoms with E-state index >= 15 is 0 Å².